The van der Waals surface area contributed by atoms with Crippen molar-refractivity contribution >= 4 is 45.1 Å². The van der Waals surface area contributed by atoms with Gasteiger partial charge in [-0.15, -0.1) is 0 Å². The molecule has 0 spiro atoms. The van der Waals surface area contributed by atoms with Gasteiger partial charge >= 0.3 is 6.16 Å². The maximum atomic E-state index is 13.9. The van der Waals surface area contributed by atoms with Gasteiger partial charge in [0.25, 0.3) is 5.91 Å². The fraction of sp³-hybridized carbons (Fsp3) is 0.529. The molecule has 0 aromatic heterocycles. The number of halogens is 3. The fourth-order valence-corrected chi connectivity index (χ4v) is 3.49. The number of hydrogen-bond donors (Lipinski definition) is 2. The normalized spacial score (nSPS) is 14.8. The summed E-state index contributed by atoms with van der Waals surface area (Å²) in [6.07, 6.45) is -1.50. The largest absolute Gasteiger partial charge is 0.505 e. The number of amides is 1. The number of alkyl halides is 3. The second-order valence-corrected chi connectivity index (χ2v) is 9.12. The highest BCUT2D eigenvalue weighted by atomic mass is 35.5. The molecule has 0 aliphatic heterocycles. The third kappa shape index (κ3) is 7.96. The highest BCUT2D eigenvalue weighted by molar-refractivity contribution is 7.90. The van der Waals surface area contributed by atoms with Crippen molar-refractivity contribution in [2.75, 3.05) is 26.1 Å². The van der Waals surface area contributed by atoms with E-state index in [1.54, 1.807) is 6.92 Å². The lowest BCUT2D eigenvalue weighted by molar-refractivity contribution is -0.121. The Hall–Kier alpha value is -1.62. The summed E-state index contributed by atoms with van der Waals surface area (Å²) >= 11 is 11.0. The minimum Gasteiger partial charge on any atom is -0.450 e. The van der Waals surface area contributed by atoms with Crippen LogP contribution in [0.1, 0.15) is 18.4 Å². The average Bonchev–Trinajstić information content (AvgIpc) is 2.64. The van der Waals surface area contributed by atoms with Crippen LogP contribution in [0, 0.1) is 0 Å². The molecule has 0 bridgehead atoms. The monoisotopic (exact) mass is 473 g/mol. The van der Waals surface area contributed by atoms with Gasteiger partial charge in [0, 0.05) is 18.8 Å². The van der Waals surface area contributed by atoms with Crippen LogP contribution in [0.5, 0.6) is 0 Å². The smallest absolute Gasteiger partial charge is 0.450 e. The molecule has 2 N–H and O–H groups in total. The molecule has 0 heterocycles. The summed E-state index contributed by atoms with van der Waals surface area (Å²) in [7, 11) is -3.47. The summed E-state index contributed by atoms with van der Waals surface area (Å²) in [6, 6.07) is 4.31. The zero-order chi connectivity index (χ0) is 22.2. The molecule has 0 saturated carbocycles. The maximum Gasteiger partial charge on any atom is 0.505 e. The molecule has 12 heteroatoms. The van der Waals surface area contributed by atoms with E-state index in [0.29, 0.717) is 5.56 Å². The topological polar surface area (TPSA) is 119 Å². The molecule has 0 aliphatic rings. The third-order valence-electron chi connectivity index (χ3n) is 3.97. The van der Waals surface area contributed by atoms with Crippen molar-refractivity contribution < 1.29 is 37.0 Å². The SMILES string of the molecule is CCO[C@H](COC(=O)O)[C@H](c1ccc(S(C)(=O)=O)cc1)C(CF)NC(=O)C(Cl)Cl. The number of carbonyl (C=O) groups is 2. The van der Waals surface area contributed by atoms with Gasteiger partial charge in [0.05, 0.1) is 10.9 Å². The lowest BCUT2D eigenvalue weighted by atomic mass is 9.87. The van der Waals surface area contributed by atoms with Crippen molar-refractivity contribution in [3.8, 4) is 0 Å². The van der Waals surface area contributed by atoms with Gasteiger partial charge in [0.15, 0.2) is 14.7 Å². The Bertz CT molecular complexity index is 789. The zero-order valence-electron chi connectivity index (χ0n) is 15.7. The highest BCUT2D eigenvalue weighted by Gasteiger charge is 2.35. The standard InChI is InChI=1S/C17H22Cl2FNO7S/c1-3-27-13(9-28-17(23)24)14(12(8-20)21-16(22)15(18)19)10-4-6-11(7-5-10)29(2,25)26/h4-7,12-15H,3,8-9H2,1-2H3,(H,21,22)(H,23,24)/t12?,13-,14-/m1/s1. The Balaban J connectivity index is 3.36. The summed E-state index contributed by atoms with van der Waals surface area (Å²) in [4.78, 5) is 21.3. The second kappa shape index (κ2) is 11.5. The molecule has 1 amide bonds. The van der Waals surface area contributed by atoms with Crippen molar-refractivity contribution in [1.29, 1.82) is 0 Å². The molecule has 8 nitrogen and oxygen atoms in total. The van der Waals surface area contributed by atoms with Gasteiger partial charge in [-0.2, -0.15) is 0 Å². The molecular weight excluding hydrogens is 452 g/mol. The number of hydrogen-bond acceptors (Lipinski definition) is 6. The number of carbonyl (C=O) groups excluding carboxylic acids is 1. The van der Waals surface area contributed by atoms with E-state index in [1.165, 1.54) is 24.3 Å². The van der Waals surface area contributed by atoms with E-state index in [9.17, 15) is 22.4 Å². The van der Waals surface area contributed by atoms with Gasteiger partial charge in [-0.25, -0.2) is 17.6 Å². The molecule has 29 heavy (non-hydrogen) atoms. The van der Waals surface area contributed by atoms with E-state index in [0.717, 1.165) is 6.26 Å². The van der Waals surface area contributed by atoms with Gasteiger partial charge in [-0.1, -0.05) is 35.3 Å². The zero-order valence-corrected chi connectivity index (χ0v) is 18.0. The predicted octanol–water partition coefficient (Wildman–Crippen LogP) is 2.53. The van der Waals surface area contributed by atoms with E-state index < -0.39 is 58.1 Å². The summed E-state index contributed by atoms with van der Waals surface area (Å²) in [5, 5.41) is 11.2. The summed E-state index contributed by atoms with van der Waals surface area (Å²) in [5.41, 5.74) is 0.397. The second-order valence-electron chi connectivity index (χ2n) is 6.01. The maximum absolute atomic E-state index is 13.9. The fourth-order valence-electron chi connectivity index (χ4n) is 2.74. The number of sulfone groups is 1. The first-order chi connectivity index (χ1) is 13.5. The van der Waals surface area contributed by atoms with Crippen LogP contribution in [0.3, 0.4) is 0 Å². The first-order valence-electron chi connectivity index (χ1n) is 8.43. The minimum atomic E-state index is -3.47. The van der Waals surface area contributed by atoms with Crippen LogP contribution in [0.25, 0.3) is 0 Å². The number of ether oxygens (including phenoxy) is 2. The van der Waals surface area contributed by atoms with Crippen LogP contribution in [0.15, 0.2) is 29.2 Å². The van der Waals surface area contributed by atoms with Crippen molar-refractivity contribution in [2.45, 2.75) is 34.7 Å². The quantitative estimate of drug-likeness (QED) is 0.374. The molecule has 3 atom stereocenters. The van der Waals surface area contributed by atoms with Crippen molar-refractivity contribution in [1.82, 2.24) is 5.32 Å². The van der Waals surface area contributed by atoms with Gasteiger partial charge in [0.1, 0.15) is 19.4 Å². The van der Waals surface area contributed by atoms with Crippen LogP contribution in [0.4, 0.5) is 9.18 Å². The van der Waals surface area contributed by atoms with E-state index in [-0.39, 0.29) is 11.5 Å². The number of rotatable bonds is 11. The van der Waals surface area contributed by atoms with Crippen LogP contribution < -0.4 is 5.32 Å². The van der Waals surface area contributed by atoms with Gasteiger partial charge in [-0.05, 0) is 24.6 Å². The molecule has 0 aliphatic carbocycles. The molecule has 0 radical (unpaired) electrons. The first-order valence-corrected chi connectivity index (χ1v) is 11.2. The Labute approximate surface area is 178 Å². The molecule has 0 saturated heterocycles. The van der Waals surface area contributed by atoms with Gasteiger partial charge in [-0.3, -0.25) is 4.79 Å². The van der Waals surface area contributed by atoms with Gasteiger partial charge < -0.3 is 19.9 Å². The average molecular weight is 474 g/mol. The van der Waals surface area contributed by atoms with E-state index in [1.807, 2.05) is 0 Å². The predicted molar refractivity (Wildman–Crippen MR) is 105 cm³/mol. The van der Waals surface area contributed by atoms with Crippen molar-refractivity contribution in [3.05, 3.63) is 29.8 Å². The number of nitrogens with one attached hydrogen (secondary N) is 1. The Morgan fingerprint density at radius 1 is 1.24 bits per heavy atom. The summed E-state index contributed by atoms with van der Waals surface area (Å²) in [5.74, 6) is -1.77. The van der Waals surface area contributed by atoms with Crippen LogP contribution >= 0.6 is 23.2 Å². The van der Waals surface area contributed by atoms with Crippen molar-refractivity contribution in [2.24, 2.45) is 0 Å². The molecule has 1 unspecified atom stereocenters. The molecule has 164 valence electrons. The summed E-state index contributed by atoms with van der Waals surface area (Å²) in [6.45, 7) is 0.293. The van der Waals surface area contributed by atoms with E-state index in [2.05, 4.69) is 10.1 Å². The molecule has 1 aromatic rings. The summed E-state index contributed by atoms with van der Waals surface area (Å²) < 4.78 is 47.4. The van der Waals surface area contributed by atoms with Crippen LogP contribution in [-0.2, 0) is 24.1 Å². The number of carboxylic acid groups (broad SMARTS) is 1. The lowest BCUT2D eigenvalue weighted by Crippen LogP contribution is -2.48. The minimum absolute atomic E-state index is 0.0390. The van der Waals surface area contributed by atoms with Crippen LogP contribution in [0.2, 0.25) is 0 Å². The highest BCUT2D eigenvalue weighted by Crippen LogP contribution is 2.28. The van der Waals surface area contributed by atoms with E-state index in [4.69, 9.17) is 33.0 Å². The Morgan fingerprint density at radius 2 is 1.83 bits per heavy atom. The first kappa shape index (κ1) is 25.4. The lowest BCUT2D eigenvalue weighted by Gasteiger charge is -2.33. The Kier molecular flexibility index (Phi) is 10.1. The van der Waals surface area contributed by atoms with Gasteiger partial charge in [0.2, 0.25) is 0 Å². The third-order valence-corrected chi connectivity index (χ3v) is 5.50. The van der Waals surface area contributed by atoms with Crippen LogP contribution in [-0.4, -0.2) is 68.7 Å². The molecule has 0 fully saturated rings. The molecular formula is C17H22Cl2FNO7S. The number of benzene rings is 1. The Morgan fingerprint density at radius 3 is 2.24 bits per heavy atom. The van der Waals surface area contributed by atoms with Crippen molar-refractivity contribution in [3.63, 3.8) is 0 Å². The van der Waals surface area contributed by atoms with E-state index >= 15 is 0 Å². The molecule has 1 rings (SSSR count). The molecule has 1 aromatic carbocycles.